The minimum absolute atomic E-state index is 0.251. The molecule has 102 valence electrons. The average molecular weight is 263 g/mol. The Bertz CT molecular complexity index is 640. The van der Waals surface area contributed by atoms with E-state index in [1.807, 2.05) is 0 Å². The highest BCUT2D eigenvalue weighted by Crippen LogP contribution is 2.42. The summed E-state index contributed by atoms with van der Waals surface area (Å²) >= 11 is 0. The van der Waals surface area contributed by atoms with Gasteiger partial charge >= 0.3 is 0 Å². The molecule has 0 bridgehead atoms. The van der Waals surface area contributed by atoms with Crippen LogP contribution in [-0.2, 0) is 6.42 Å². The Labute approximate surface area is 120 Å². The van der Waals surface area contributed by atoms with Gasteiger partial charge in [-0.15, -0.1) is 0 Å². The Hall–Kier alpha value is -1.60. The summed E-state index contributed by atoms with van der Waals surface area (Å²) < 4.78 is 0. The van der Waals surface area contributed by atoms with Crippen molar-refractivity contribution in [3.8, 4) is 11.1 Å². The molecule has 1 unspecified atom stereocenters. The second-order valence-electron chi connectivity index (χ2n) is 6.27. The summed E-state index contributed by atoms with van der Waals surface area (Å²) in [5.74, 6) is 0.779. The largest absolute Gasteiger partial charge is 0.324 e. The molecular weight excluding hydrogens is 242 g/mol. The minimum atomic E-state index is 0.251. The lowest BCUT2D eigenvalue weighted by Gasteiger charge is -2.28. The summed E-state index contributed by atoms with van der Waals surface area (Å²) in [6.45, 7) is 0. The third-order valence-electron chi connectivity index (χ3n) is 5.08. The molecule has 1 saturated carbocycles. The van der Waals surface area contributed by atoms with Gasteiger partial charge in [0.15, 0.2) is 0 Å². The summed E-state index contributed by atoms with van der Waals surface area (Å²) in [4.78, 5) is 0. The lowest BCUT2D eigenvalue weighted by Crippen LogP contribution is -2.10. The Morgan fingerprint density at radius 2 is 1.75 bits per heavy atom. The zero-order chi connectivity index (χ0) is 13.5. The van der Waals surface area contributed by atoms with E-state index in [0.717, 1.165) is 18.8 Å². The molecule has 0 saturated heterocycles. The van der Waals surface area contributed by atoms with Gasteiger partial charge in [0, 0.05) is 6.04 Å². The molecule has 2 aromatic rings. The Morgan fingerprint density at radius 1 is 0.900 bits per heavy atom. The van der Waals surface area contributed by atoms with E-state index in [9.17, 15) is 0 Å². The Kier molecular flexibility index (Phi) is 2.89. The van der Waals surface area contributed by atoms with Crippen molar-refractivity contribution in [3.05, 3.63) is 59.2 Å². The van der Waals surface area contributed by atoms with Crippen LogP contribution in [0.4, 0.5) is 0 Å². The van der Waals surface area contributed by atoms with Crippen LogP contribution in [0.5, 0.6) is 0 Å². The van der Waals surface area contributed by atoms with Crippen molar-refractivity contribution >= 4 is 0 Å². The Balaban J connectivity index is 1.78. The molecule has 0 aromatic heterocycles. The summed E-state index contributed by atoms with van der Waals surface area (Å²) in [6.07, 6.45) is 6.33. The molecule has 2 aliphatic rings. The molecule has 2 aliphatic carbocycles. The normalized spacial score (nSPS) is 21.6. The molecule has 2 aromatic carbocycles. The van der Waals surface area contributed by atoms with Gasteiger partial charge in [-0.2, -0.15) is 0 Å². The van der Waals surface area contributed by atoms with E-state index < -0.39 is 0 Å². The van der Waals surface area contributed by atoms with Gasteiger partial charge in [-0.05, 0) is 59.4 Å². The molecule has 0 amide bonds. The second-order valence-corrected chi connectivity index (χ2v) is 6.27. The number of hydrogen-bond donors (Lipinski definition) is 1. The van der Waals surface area contributed by atoms with Gasteiger partial charge in [0.25, 0.3) is 0 Å². The van der Waals surface area contributed by atoms with Crippen LogP contribution in [0.15, 0.2) is 42.5 Å². The zero-order valence-corrected chi connectivity index (χ0v) is 11.8. The van der Waals surface area contributed by atoms with Crippen molar-refractivity contribution in [3.63, 3.8) is 0 Å². The van der Waals surface area contributed by atoms with Crippen LogP contribution < -0.4 is 5.73 Å². The zero-order valence-electron chi connectivity index (χ0n) is 11.8. The van der Waals surface area contributed by atoms with Crippen LogP contribution in [0, 0.1) is 0 Å². The van der Waals surface area contributed by atoms with Gasteiger partial charge in [0.1, 0.15) is 0 Å². The quantitative estimate of drug-likeness (QED) is 0.844. The molecule has 1 atom stereocenters. The van der Waals surface area contributed by atoms with Gasteiger partial charge in [0.05, 0.1) is 0 Å². The molecule has 0 radical (unpaired) electrons. The van der Waals surface area contributed by atoms with E-state index >= 15 is 0 Å². The van der Waals surface area contributed by atoms with E-state index in [1.165, 1.54) is 41.5 Å². The van der Waals surface area contributed by atoms with Crippen LogP contribution in [0.25, 0.3) is 11.1 Å². The summed E-state index contributed by atoms with van der Waals surface area (Å²) in [5, 5.41) is 0. The summed E-state index contributed by atoms with van der Waals surface area (Å²) in [7, 11) is 0. The predicted molar refractivity (Wildman–Crippen MR) is 83.7 cm³/mol. The van der Waals surface area contributed by atoms with Gasteiger partial charge in [-0.3, -0.25) is 0 Å². The van der Waals surface area contributed by atoms with E-state index in [2.05, 4.69) is 42.5 Å². The maximum absolute atomic E-state index is 6.14. The van der Waals surface area contributed by atoms with Crippen LogP contribution in [0.3, 0.4) is 0 Å². The first-order chi connectivity index (χ1) is 9.83. The molecule has 4 rings (SSSR count). The van der Waals surface area contributed by atoms with Crippen molar-refractivity contribution in [2.24, 2.45) is 5.73 Å². The second kappa shape index (κ2) is 4.75. The molecule has 1 nitrogen and oxygen atoms in total. The number of fused-ring (bicyclic) bond motifs is 1. The minimum Gasteiger partial charge on any atom is -0.324 e. The maximum Gasteiger partial charge on any atom is 0.0300 e. The molecule has 1 heteroatoms. The molecule has 2 N–H and O–H groups in total. The SMILES string of the molecule is NC1CCc2cc(-c3ccccc3C3CCC3)ccc21. The number of rotatable bonds is 2. The van der Waals surface area contributed by atoms with E-state index in [1.54, 1.807) is 5.56 Å². The number of nitrogens with two attached hydrogens (primary N) is 1. The fraction of sp³-hybridized carbons (Fsp3) is 0.368. The van der Waals surface area contributed by atoms with Gasteiger partial charge < -0.3 is 5.73 Å². The lowest BCUT2D eigenvalue weighted by atomic mass is 9.77. The molecule has 0 aliphatic heterocycles. The Morgan fingerprint density at radius 3 is 2.55 bits per heavy atom. The fourth-order valence-electron chi connectivity index (χ4n) is 3.65. The first-order valence-electron chi connectivity index (χ1n) is 7.80. The molecule has 20 heavy (non-hydrogen) atoms. The van der Waals surface area contributed by atoms with Crippen LogP contribution >= 0.6 is 0 Å². The molecular formula is C19H21N. The fourth-order valence-corrected chi connectivity index (χ4v) is 3.65. The predicted octanol–water partition coefficient (Wildman–Crippen LogP) is 4.57. The maximum atomic E-state index is 6.14. The van der Waals surface area contributed by atoms with Crippen molar-refractivity contribution in [2.45, 2.75) is 44.1 Å². The van der Waals surface area contributed by atoms with Crippen LogP contribution in [0.1, 0.15) is 54.3 Å². The van der Waals surface area contributed by atoms with Crippen molar-refractivity contribution < 1.29 is 0 Å². The topological polar surface area (TPSA) is 26.0 Å². The molecule has 0 spiro atoms. The summed E-state index contributed by atoms with van der Waals surface area (Å²) in [5.41, 5.74) is 13.3. The van der Waals surface area contributed by atoms with Crippen LogP contribution in [0.2, 0.25) is 0 Å². The first-order valence-corrected chi connectivity index (χ1v) is 7.80. The monoisotopic (exact) mass is 263 g/mol. The highest BCUT2D eigenvalue weighted by Gasteiger charge is 2.23. The number of hydrogen-bond acceptors (Lipinski definition) is 1. The van der Waals surface area contributed by atoms with E-state index in [-0.39, 0.29) is 6.04 Å². The van der Waals surface area contributed by atoms with Crippen molar-refractivity contribution in [1.82, 2.24) is 0 Å². The average Bonchev–Trinajstić information content (AvgIpc) is 2.79. The van der Waals surface area contributed by atoms with Gasteiger partial charge in [-0.25, -0.2) is 0 Å². The van der Waals surface area contributed by atoms with E-state index in [4.69, 9.17) is 5.73 Å². The van der Waals surface area contributed by atoms with E-state index in [0.29, 0.717) is 0 Å². The number of benzene rings is 2. The van der Waals surface area contributed by atoms with Gasteiger partial charge in [0.2, 0.25) is 0 Å². The van der Waals surface area contributed by atoms with Crippen LogP contribution in [-0.4, -0.2) is 0 Å². The third-order valence-corrected chi connectivity index (χ3v) is 5.08. The highest BCUT2D eigenvalue weighted by molar-refractivity contribution is 5.70. The molecule has 1 fully saturated rings. The standard InChI is InChI=1S/C19H21N/c20-19-11-9-15-12-14(8-10-18(15)19)17-7-2-1-6-16(17)13-4-3-5-13/h1-2,6-8,10,12-13,19H,3-5,9,11,20H2. The lowest BCUT2D eigenvalue weighted by molar-refractivity contribution is 0.420. The smallest absolute Gasteiger partial charge is 0.0300 e. The van der Waals surface area contributed by atoms with Gasteiger partial charge in [-0.1, -0.05) is 48.9 Å². The summed E-state index contributed by atoms with van der Waals surface area (Å²) in [6, 6.07) is 16.1. The third kappa shape index (κ3) is 1.89. The highest BCUT2D eigenvalue weighted by atomic mass is 14.6. The number of aryl methyl sites for hydroxylation is 1. The molecule has 0 heterocycles. The first kappa shape index (κ1) is 12.2. The van der Waals surface area contributed by atoms with Crippen molar-refractivity contribution in [1.29, 1.82) is 0 Å². The van der Waals surface area contributed by atoms with Crippen molar-refractivity contribution in [2.75, 3.05) is 0 Å².